The third kappa shape index (κ3) is 3.36. The first-order valence-electron chi connectivity index (χ1n) is 5.65. The Labute approximate surface area is 116 Å². The number of nitriles is 1. The van der Waals surface area contributed by atoms with Gasteiger partial charge in [-0.25, -0.2) is 4.98 Å². The lowest BCUT2D eigenvalue weighted by molar-refractivity contribution is 0.398. The molecule has 0 aliphatic heterocycles. The van der Waals surface area contributed by atoms with E-state index in [1.165, 1.54) is 0 Å². The Kier molecular flexibility index (Phi) is 4.22. The minimum atomic E-state index is 0.555. The van der Waals surface area contributed by atoms with Crippen LogP contribution >= 0.6 is 11.6 Å². The van der Waals surface area contributed by atoms with Crippen LogP contribution in [0.1, 0.15) is 11.1 Å². The summed E-state index contributed by atoms with van der Waals surface area (Å²) < 4.78 is 4.99. The summed E-state index contributed by atoms with van der Waals surface area (Å²) in [6.45, 7) is 0.568. The largest absolute Gasteiger partial charge is 0.481 e. The molecule has 0 aliphatic rings. The van der Waals surface area contributed by atoms with Gasteiger partial charge < -0.3 is 10.1 Å². The number of nitrogens with one attached hydrogen (secondary N) is 1. The number of hydrogen-bond donors (Lipinski definition) is 1. The molecule has 0 radical (unpaired) electrons. The van der Waals surface area contributed by atoms with Crippen molar-refractivity contribution in [2.24, 2.45) is 0 Å². The fraction of sp³-hybridized carbons (Fsp3) is 0.143. The Morgan fingerprint density at radius 1 is 1.37 bits per heavy atom. The number of benzene rings is 1. The summed E-state index contributed by atoms with van der Waals surface area (Å²) in [6, 6.07) is 11.0. The lowest BCUT2D eigenvalue weighted by Crippen LogP contribution is -2.01. The Bertz CT molecular complexity index is 605. The van der Waals surface area contributed by atoms with Crippen LogP contribution in [0.25, 0.3) is 0 Å². The Morgan fingerprint density at radius 2 is 2.21 bits per heavy atom. The van der Waals surface area contributed by atoms with Crippen molar-refractivity contribution < 1.29 is 4.74 Å². The van der Waals surface area contributed by atoms with E-state index in [2.05, 4.69) is 16.4 Å². The Hall–Kier alpha value is -2.25. The molecule has 1 N–H and O–H groups in total. The van der Waals surface area contributed by atoms with Crippen LogP contribution in [0.4, 0.5) is 5.69 Å². The van der Waals surface area contributed by atoms with Gasteiger partial charge in [0.2, 0.25) is 5.88 Å². The zero-order chi connectivity index (χ0) is 13.7. The van der Waals surface area contributed by atoms with Crippen LogP contribution in [0, 0.1) is 11.3 Å². The predicted molar refractivity (Wildman–Crippen MR) is 74.3 cm³/mol. The molecule has 2 aromatic rings. The Balaban J connectivity index is 2.04. The van der Waals surface area contributed by atoms with Gasteiger partial charge in [-0.2, -0.15) is 5.26 Å². The van der Waals surface area contributed by atoms with Crippen molar-refractivity contribution in [1.29, 1.82) is 5.26 Å². The molecule has 1 aromatic heterocycles. The maximum absolute atomic E-state index is 8.77. The summed E-state index contributed by atoms with van der Waals surface area (Å²) in [5, 5.41) is 12.5. The van der Waals surface area contributed by atoms with E-state index in [1.807, 2.05) is 12.1 Å². The molecule has 0 aliphatic carbocycles. The van der Waals surface area contributed by atoms with Crippen molar-refractivity contribution in [2.75, 3.05) is 12.4 Å². The summed E-state index contributed by atoms with van der Waals surface area (Å²) in [6.07, 6.45) is 1.69. The molecule has 96 valence electrons. The molecule has 1 heterocycles. The van der Waals surface area contributed by atoms with Gasteiger partial charge in [-0.05, 0) is 23.8 Å². The van der Waals surface area contributed by atoms with E-state index in [4.69, 9.17) is 21.6 Å². The average molecular weight is 274 g/mol. The number of anilines is 1. The fourth-order valence-electron chi connectivity index (χ4n) is 1.56. The highest BCUT2D eigenvalue weighted by atomic mass is 35.5. The lowest BCUT2D eigenvalue weighted by Gasteiger charge is -2.08. The maximum atomic E-state index is 8.77. The Morgan fingerprint density at radius 3 is 2.79 bits per heavy atom. The van der Waals surface area contributed by atoms with E-state index >= 15 is 0 Å². The van der Waals surface area contributed by atoms with Gasteiger partial charge in [0.25, 0.3) is 0 Å². The molecule has 0 atom stereocenters. The number of nitrogens with zero attached hydrogens (tertiary/aromatic N) is 2. The smallest absolute Gasteiger partial charge is 0.213 e. The van der Waals surface area contributed by atoms with E-state index in [9.17, 15) is 0 Å². The van der Waals surface area contributed by atoms with Gasteiger partial charge in [0, 0.05) is 17.6 Å². The first kappa shape index (κ1) is 13.2. The third-order valence-corrected chi connectivity index (χ3v) is 2.96. The second kappa shape index (κ2) is 6.07. The SMILES string of the molecule is COc1ccc(NCc2ccc(C#N)cc2Cl)cn1. The second-order valence-electron chi connectivity index (χ2n) is 3.86. The van der Waals surface area contributed by atoms with Gasteiger partial charge in [0.1, 0.15) is 0 Å². The number of hydrogen-bond acceptors (Lipinski definition) is 4. The number of methoxy groups -OCH3 is 1. The highest BCUT2D eigenvalue weighted by Gasteiger charge is 2.02. The average Bonchev–Trinajstić information content (AvgIpc) is 2.46. The highest BCUT2D eigenvalue weighted by molar-refractivity contribution is 6.31. The molecule has 0 saturated carbocycles. The van der Waals surface area contributed by atoms with Crippen molar-refractivity contribution in [1.82, 2.24) is 4.98 Å². The van der Waals surface area contributed by atoms with Crippen molar-refractivity contribution in [3.63, 3.8) is 0 Å². The van der Waals surface area contributed by atoms with Gasteiger partial charge in [0.05, 0.1) is 30.6 Å². The number of rotatable bonds is 4. The van der Waals surface area contributed by atoms with Crippen molar-refractivity contribution in [3.05, 3.63) is 52.7 Å². The normalized spacial score (nSPS) is 9.74. The molecule has 4 nitrogen and oxygen atoms in total. The molecule has 1 aromatic carbocycles. The van der Waals surface area contributed by atoms with Gasteiger partial charge >= 0.3 is 0 Å². The van der Waals surface area contributed by atoms with Gasteiger partial charge in [-0.15, -0.1) is 0 Å². The van der Waals surface area contributed by atoms with Crippen LogP contribution in [-0.4, -0.2) is 12.1 Å². The minimum Gasteiger partial charge on any atom is -0.481 e. The van der Waals surface area contributed by atoms with Crippen LogP contribution in [0.5, 0.6) is 5.88 Å². The molecule has 0 bridgehead atoms. The van der Waals surface area contributed by atoms with Crippen molar-refractivity contribution >= 4 is 17.3 Å². The number of ether oxygens (including phenoxy) is 1. The van der Waals surface area contributed by atoms with Gasteiger partial charge in [-0.3, -0.25) is 0 Å². The second-order valence-corrected chi connectivity index (χ2v) is 4.27. The predicted octanol–water partition coefficient (Wildman–Crippen LogP) is 3.23. The summed E-state index contributed by atoms with van der Waals surface area (Å²) in [5.74, 6) is 0.571. The molecule has 0 saturated heterocycles. The first-order valence-corrected chi connectivity index (χ1v) is 6.03. The fourth-order valence-corrected chi connectivity index (χ4v) is 1.81. The van der Waals surface area contributed by atoms with Gasteiger partial charge in [0.15, 0.2) is 0 Å². The van der Waals surface area contributed by atoms with Crippen molar-refractivity contribution in [3.8, 4) is 11.9 Å². The number of halogens is 1. The van der Waals surface area contributed by atoms with E-state index in [0.29, 0.717) is 23.0 Å². The lowest BCUT2D eigenvalue weighted by atomic mass is 10.1. The monoisotopic (exact) mass is 273 g/mol. The van der Waals surface area contributed by atoms with E-state index in [0.717, 1.165) is 11.3 Å². The van der Waals surface area contributed by atoms with Crippen molar-refractivity contribution in [2.45, 2.75) is 6.54 Å². The van der Waals surface area contributed by atoms with Gasteiger partial charge in [-0.1, -0.05) is 17.7 Å². The molecule has 2 rings (SSSR count). The summed E-state index contributed by atoms with van der Waals surface area (Å²) in [5.41, 5.74) is 2.36. The highest BCUT2D eigenvalue weighted by Crippen LogP contribution is 2.19. The van der Waals surface area contributed by atoms with E-state index < -0.39 is 0 Å². The van der Waals surface area contributed by atoms with Crippen LogP contribution in [-0.2, 0) is 6.54 Å². The summed E-state index contributed by atoms with van der Waals surface area (Å²) in [4.78, 5) is 4.10. The standard InChI is InChI=1S/C14H12ClN3O/c1-19-14-5-4-12(9-18-14)17-8-11-3-2-10(7-16)6-13(11)15/h2-6,9,17H,8H2,1H3. The van der Waals surface area contributed by atoms with Crippen LogP contribution in [0.3, 0.4) is 0 Å². The molecular weight excluding hydrogens is 262 g/mol. The first-order chi connectivity index (χ1) is 9.22. The molecule has 0 unspecified atom stereocenters. The van der Waals surface area contributed by atoms with E-state index in [1.54, 1.807) is 31.5 Å². The summed E-state index contributed by atoms with van der Waals surface area (Å²) >= 11 is 6.10. The molecule has 0 fully saturated rings. The van der Waals surface area contributed by atoms with E-state index in [-0.39, 0.29) is 0 Å². The number of pyridine rings is 1. The molecule has 0 amide bonds. The third-order valence-electron chi connectivity index (χ3n) is 2.61. The van der Waals surface area contributed by atoms with Crippen LogP contribution in [0.15, 0.2) is 36.5 Å². The molecule has 5 heteroatoms. The topological polar surface area (TPSA) is 57.9 Å². The van der Waals surface area contributed by atoms with Crippen LogP contribution < -0.4 is 10.1 Å². The zero-order valence-electron chi connectivity index (χ0n) is 10.4. The molecule has 19 heavy (non-hydrogen) atoms. The number of aromatic nitrogens is 1. The summed E-state index contributed by atoms with van der Waals surface area (Å²) in [7, 11) is 1.58. The zero-order valence-corrected chi connectivity index (χ0v) is 11.1. The van der Waals surface area contributed by atoms with Crippen LogP contribution in [0.2, 0.25) is 5.02 Å². The quantitative estimate of drug-likeness (QED) is 0.929. The molecule has 0 spiro atoms. The minimum absolute atomic E-state index is 0.555. The molecular formula is C14H12ClN3O. The maximum Gasteiger partial charge on any atom is 0.213 e.